The number of azo groups is 1. The van der Waals surface area contributed by atoms with Gasteiger partial charge < -0.3 is 10.4 Å². The standard InChI is InChI=1S/C10H8N4.2HNO3/c1-5-11-6-2-9(1)13-14-10-3-7-12-8-4-10;2*2-1(3)4/h1-8H;2*(H,2,3,4). The van der Waals surface area contributed by atoms with E-state index in [2.05, 4.69) is 20.2 Å². The third kappa shape index (κ3) is 12.7. The van der Waals surface area contributed by atoms with Gasteiger partial charge in [0, 0.05) is 24.8 Å². The first-order chi connectivity index (χ1) is 10.4. The predicted octanol–water partition coefficient (Wildman–Crippen LogP) is 2.20. The average Bonchev–Trinajstić information content (AvgIpc) is 2.46. The van der Waals surface area contributed by atoms with Gasteiger partial charge >= 0.3 is 0 Å². The minimum Gasteiger partial charge on any atom is -0.328 e. The summed E-state index contributed by atoms with van der Waals surface area (Å²) < 4.78 is 0. The first kappa shape index (κ1) is 18.3. The number of aromatic nitrogens is 2. The molecule has 0 aliphatic heterocycles. The molecule has 0 bridgehead atoms. The lowest BCUT2D eigenvalue weighted by Gasteiger charge is -1.90. The Kier molecular flexibility index (Phi) is 9.28. The summed E-state index contributed by atoms with van der Waals surface area (Å²) >= 11 is 0. The van der Waals surface area contributed by atoms with E-state index in [-0.39, 0.29) is 0 Å². The van der Waals surface area contributed by atoms with Crippen LogP contribution in [0.25, 0.3) is 0 Å². The van der Waals surface area contributed by atoms with E-state index >= 15 is 0 Å². The van der Waals surface area contributed by atoms with Crippen molar-refractivity contribution in [3.63, 3.8) is 0 Å². The van der Waals surface area contributed by atoms with Crippen molar-refractivity contribution >= 4 is 11.4 Å². The molecule has 2 aromatic rings. The number of nitrogens with zero attached hydrogens (tertiary/aromatic N) is 6. The van der Waals surface area contributed by atoms with Gasteiger partial charge in [-0.1, -0.05) is 0 Å². The van der Waals surface area contributed by atoms with Gasteiger partial charge in [0.25, 0.3) is 10.2 Å². The van der Waals surface area contributed by atoms with Gasteiger partial charge in [-0.3, -0.25) is 9.97 Å². The summed E-state index contributed by atoms with van der Waals surface area (Å²) in [6.45, 7) is 0. The largest absolute Gasteiger partial charge is 0.328 e. The van der Waals surface area contributed by atoms with Crippen LogP contribution in [-0.2, 0) is 0 Å². The third-order valence-corrected chi connectivity index (χ3v) is 1.61. The van der Waals surface area contributed by atoms with Crippen LogP contribution in [-0.4, -0.2) is 30.6 Å². The lowest BCUT2D eigenvalue weighted by Crippen LogP contribution is -1.81. The van der Waals surface area contributed by atoms with E-state index in [1.54, 1.807) is 49.1 Å². The second-order valence-electron chi connectivity index (χ2n) is 3.09. The molecule has 0 fully saturated rings. The molecule has 2 heterocycles. The molecule has 2 N–H and O–H groups in total. The zero-order valence-corrected chi connectivity index (χ0v) is 10.8. The van der Waals surface area contributed by atoms with Crippen LogP contribution in [0.1, 0.15) is 0 Å². The Hall–Kier alpha value is -3.70. The van der Waals surface area contributed by atoms with Crippen molar-refractivity contribution in [3.8, 4) is 0 Å². The second-order valence-corrected chi connectivity index (χ2v) is 3.09. The second kappa shape index (κ2) is 11.2. The van der Waals surface area contributed by atoms with Crippen LogP contribution in [0.3, 0.4) is 0 Å². The molecular weight excluding hydrogens is 300 g/mol. The Balaban J connectivity index is 0.000000464. The molecule has 0 aliphatic rings. The van der Waals surface area contributed by atoms with Gasteiger partial charge in [-0.15, -0.1) is 20.2 Å². The van der Waals surface area contributed by atoms with Crippen LogP contribution in [0.4, 0.5) is 11.4 Å². The number of hydrogen-bond acceptors (Lipinski definition) is 8. The van der Waals surface area contributed by atoms with E-state index in [4.69, 9.17) is 30.6 Å². The Labute approximate surface area is 122 Å². The van der Waals surface area contributed by atoms with Crippen LogP contribution >= 0.6 is 0 Å². The molecule has 2 rings (SSSR count). The van der Waals surface area contributed by atoms with Gasteiger partial charge in [0.1, 0.15) is 0 Å². The lowest BCUT2D eigenvalue weighted by atomic mass is 10.4. The number of rotatable bonds is 2. The van der Waals surface area contributed by atoms with E-state index in [1.807, 2.05) is 0 Å². The Morgan fingerprint density at radius 1 is 0.773 bits per heavy atom. The maximum Gasteiger partial charge on any atom is 0.291 e. The Bertz CT molecular complexity index is 532. The molecule has 0 radical (unpaired) electrons. The molecule has 0 saturated heterocycles. The van der Waals surface area contributed by atoms with E-state index in [1.165, 1.54) is 0 Å². The fourth-order valence-corrected chi connectivity index (χ4v) is 0.937. The Morgan fingerprint density at radius 3 is 1.23 bits per heavy atom. The van der Waals surface area contributed by atoms with Gasteiger partial charge in [-0.2, -0.15) is 10.2 Å². The molecular formula is C10H10N6O6. The van der Waals surface area contributed by atoms with E-state index in [0.29, 0.717) is 0 Å². The van der Waals surface area contributed by atoms with Crippen LogP contribution in [0.5, 0.6) is 0 Å². The molecule has 0 amide bonds. The number of pyridine rings is 2. The van der Waals surface area contributed by atoms with Crippen molar-refractivity contribution in [2.45, 2.75) is 0 Å². The molecule has 22 heavy (non-hydrogen) atoms. The van der Waals surface area contributed by atoms with Crippen molar-refractivity contribution in [1.29, 1.82) is 0 Å². The highest BCUT2D eigenvalue weighted by molar-refractivity contribution is 5.36. The summed E-state index contributed by atoms with van der Waals surface area (Å²) in [4.78, 5) is 24.5. The molecule has 2 aromatic heterocycles. The molecule has 12 nitrogen and oxygen atoms in total. The molecule has 0 aromatic carbocycles. The highest BCUT2D eigenvalue weighted by Crippen LogP contribution is 2.15. The fourth-order valence-electron chi connectivity index (χ4n) is 0.937. The van der Waals surface area contributed by atoms with Crippen molar-refractivity contribution < 1.29 is 20.6 Å². The molecule has 0 unspecified atom stereocenters. The Morgan fingerprint density at radius 2 is 1.00 bits per heavy atom. The minimum absolute atomic E-state index is 0.789. The van der Waals surface area contributed by atoms with Gasteiger partial charge in [0.2, 0.25) is 0 Å². The molecule has 0 aliphatic carbocycles. The minimum atomic E-state index is -1.50. The van der Waals surface area contributed by atoms with E-state index < -0.39 is 10.2 Å². The quantitative estimate of drug-likeness (QED) is 0.481. The van der Waals surface area contributed by atoms with Gasteiger partial charge in [0.05, 0.1) is 11.4 Å². The van der Waals surface area contributed by atoms with Crippen LogP contribution in [0, 0.1) is 20.2 Å². The molecule has 0 atom stereocenters. The van der Waals surface area contributed by atoms with Gasteiger partial charge in [0.15, 0.2) is 0 Å². The highest BCUT2D eigenvalue weighted by atomic mass is 16.9. The monoisotopic (exact) mass is 310 g/mol. The molecule has 116 valence electrons. The zero-order valence-electron chi connectivity index (χ0n) is 10.8. The molecule has 0 spiro atoms. The maximum absolute atomic E-state index is 8.36. The van der Waals surface area contributed by atoms with Gasteiger partial charge in [-0.05, 0) is 24.3 Å². The zero-order chi connectivity index (χ0) is 16.8. The molecule has 12 heteroatoms. The third-order valence-electron chi connectivity index (χ3n) is 1.61. The normalized spacial score (nSPS) is 8.91. The van der Waals surface area contributed by atoms with E-state index in [0.717, 1.165) is 11.4 Å². The SMILES string of the molecule is O=[N+]([O-])O.O=[N+]([O-])O.c1cc(N=Nc2ccncc2)ccn1. The van der Waals surface area contributed by atoms with Crippen molar-refractivity contribution in [2.24, 2.45) is 10.2 Å². The van der Waals surface area contributed by atoms with Crippen molar-refractivity contribution in [3.05, 3.63) is 69.3 Å². The smallest absolute Gasteiger partial charge is 0.291 e. The summed E-state index contributed by atoms with van der Waals surface area (Å²) in [6, 6.07) is 7.19. The summed E-state index contributed by atoms with van der Waals surface area (Å²) in [6.07, 6.45) is 6.73. The van der Waals surface area contributed by atoms with Crippen LogP contribution in [0.2, 0.25) is 0 Å². The predicted molar refractivity (Wildman–Crippen MR) is 70.2 cm³/mol. The maximum atomic E-state index is 8.36. The summed E-state index contributed by atoms with van der Waals surface area (Å²) in [5.41, 5.74) is 1.58. The highest BCUT2D eigenvalue weighted by Gasteiger charge is 1.87. The van der Waals surface area contributed by atoms with Crippen molar-refractivity contribution in [1.82, 2.24) is 9.97 Å². The summed E-state index contributed by atoms with van der Waals surface area (Å²) in [5, 5.41) is 35.3. The molecule has 0 saturated carbocycles. The fraction of sp³-hybridized carbons (Fsp3) is 0. The van der Waals surface area contributed by atoms with Crippen LogP contribution in [0.15, 0.2) is 59.3 Å². The first-order valence-electron chi connectivity index (χ1n) is 5.30. The lowest BCUT2D eigenvalue weighted by molar-refractivity contribution is -0.742. The van der Waals surface area contributed by atoms with E-state index in [9.17, 15) is 0 Å². The van der Waals surface area contributed by atoms with Gasteiger partial charge in [-0.25, -0.2) is 0 Å². The van der Waals surface area contributed by atoms with Crippen molar-refractivity contribution in [2.75, 3.05) is 0 Å². The first-order valence-corrected chi connectivity index (χ1v) is 5.30. The topological polar surface area (TPSA) is 177 Å². The average molecular weight is 310 g/mol. The summed E-state index contributed by atoms with van der Waals surface area (Å²) in [5.74, 6) is 0. The summed E-state index contributed by atoms with van der Waals surface area (Å²) in [7, 11) is 0. The van der Waals surface area contributed by atoms with Crippen LogP contribution < -0.4 is 0 Å². The number of hydrogen-bond donors (Lipinski definition) is 2.